The van der Waals surface area contributed by atoms with Crippen LogP contribution in [0.25, 0.3) is 11.4 Å². The van der Waals surface area contributed by atoms with E-state index in [0.717, 1.165) is 29.8 Å². The summed E-state index contributed by atoms with van der Waals surface area (Å²) in [5.41, 5.74) is 2.54. The van der Waals surface area contributed by atoms with Crippen molar-refractivity contribution in [2.24, 2.45) is 7.05 Å². The van der Waals surface area contributed by atoms with Crippen LogP contribution in [0.15, 0.2) is 15.5 Å². The van der Waals surface area contributed by atoms with Crippen LogP contribution >= 0.6 is 15.9 Å². The van der Waals surface area contributed by atoms with Crippen molar-refractivity contribution in [1.82, 2.24) is 19.7 Å². The highest BCUT2D eigenvalue weighted by molar-refractivity contribution is 9.10. The van der Waals surface area contributed by atoms with Crippen LogP contribution in [0.5, 0.6) is 0 Å². The van der Waals surface area contributed by atoms with E-state index in [9.17, 15) is 4.79 Å². The van der Waals surface area contributed by atoms with E-state index in [1.165, 1.54) is 12.8 Å². The summed E-state index contributed by atoms with van der Waals surface area (Å²) < 4.78 is 2.32. The van der Waals surface area contributed by atoms with Crippen LogP contribution < -0.4 is 5.56 Å². The lowest BCUT2D eigenvalue weighted by atomic mass is 10.0. The molecular weight excluding hydrogens is 320 g/mol. The summed E-state index contributed by atoms with van der Waals surface area (Å²) in [6, 6.07) is 0. The number of aromatic nitrogens is 4. The summed E-state index contributed by atoms with van der Waals surface area (Å²) in [7, 11) is 1.87. The van der Waals surface area contributed by atoms with Gasteiger partial charge in [-0.3, -0.25) is 9.48 Å². The van der Waals surface area contributed by atoms with Gasteiger partial charge < -0.3 is 4.98 Å². The van der Waals surface area contributed by atoms with Crippen LogP contribution in [-0.2, 0) is 7.05 Å². The summed E-state index contributed by atoms with van der Waals surface area (Å²) in [4.78, 5) is 19.7. The van der Waals surface area contributed by atoms with Crippen molar-refractivity contribution in [2.45, 2.75) is 38.5 Å². The average Bonchev–Trinajstić information content (AvgIpc) is 3.02. The number of H-pyrrole nitrogens is 1. The van der Waals surface area contributed by atoms with Crippen molar-refractivity contribution in [3.63, 3.8) is 0 Å². The van der Waals surface area contributed by atoms with Gasteiger partial charge in [-0.15, -0.1) is 0 Å². The van der Waals surface area contributed by atoms with Gasteiger partial charge in [0.1, 0.15) is 10.3 Å². The van der Waals surface area contributed by atoms with Crippen molar-refractivity contribution in [3.05, 3.63) is 32.4 Å². The molecule has 0 bridgehead atoms. The number of aryl methyl sites for hydroxylation is 2. The number of hydrogen-bond acceptors (Lipinski definition) is 3. The third-order valence-corrected chi connectivity index (χ3v) is 4.67. The molecule has 1 aliphatic rings. The predicted molar refractivity (Wildman–Crippen MR) is 80.7 cm³/mol. The summed E-state index contributed by atoms with van der Waals surface area (Å²) in [5.74, 6) is 1.01. The molecular formula is C14H17BrN4O. The average molecular weight is 337 g/mol. The van der Waals surface area contributed by atoms with Gasteiger partial charge in [-0.2, -0.15) is 5.10 Å². The Morgan fingerprint density at radius 2 is 2.10 bits per heavy atom. The molecule has 5 nitrogen and oxygen atoms in total. The maximum atomic E-state index is 12.1. The molecule has 0 amide bonds. The Morgan fingerprint density at radius 3 is 2.70 bits per heavy atom. The van der Waals surface area contributed by atoms with Gasteiger partial charge in [-0.05, 0) is 35.7 Å². The van der Waals surface area contributed by atoms with Gasteiger partial charge in [0, 0.05) is 19.2 Å². The quantitative estimate of drug-likeness (QED) is 0.916. The zero-order valence-electron chi connectivity index (χ0n) is 11.6. The van der Waals surface area contributed by atoms with Gasteiger partial charge in [0.2, 0.25) is 0 Å². The van der Waals surface area contributed by atoms with Crippen LogP contribution in [-0.4, -0.2) is 19.7 Å². The largest absolute Gasteiger partial charge is 0.305 e. The van der Waals surface area contributed by atoms with Crippen molar-refractivity contribution in [1.29, 1.82) is 0 Å². The Kier molecular flexibility index (Phi) is 3.50. The number of rotatable bonds is 2. The number of hydrogen-bond donors (Lipinski definition) is 1. The van der Waals surface area contributed by atoms with Crippen LogP contribution in [0.2, 0.25) is 0 Å². The van der Waals surface area contributed by atoms with E-state index in [0.29, 0.717) is 16.2 Å². The molecule has 0 atom stereocenters. The van der Waals surface area contributed by atoms with E-state index in [4.69, 9.17) is 4.98 Å². The summed E-state index contributed by atoms with van der Waals surface area (Å²) >= 11 is 3.39. The maximum absolute atomic E-state index is 12.1. The van der Waals surface area contributed by atoms with E-state index < -0.39 is 0 Å². The fourth-order valence-corrected chi connectivity index (χ4v) is 3.42. The monoisotopic (exact) mass is 336 g/mol. The van der Waals surface area contributed by atoms with Crippen LogP contribution in [0.1, 0.15) is 43.0 Å². The van der Waals surface area contributed by atoms with Crippen LogP contribution in [0, 0.1) is 6.92 Å². The molecule has 2 heterocycles. The highest BCUT2D eigenvalue weighted by Gasteiger charge is 2.23. The van der Waals surface area contributed by atoms with Crippen LogP contribution in [0.3, 0.4) is 0 Å². The second-order valence-electron chi connectivity index (χ2n) is 5.40. The van der Waals surface area contributed by atoms with Gasteiger partial charge in [0.05, 0.1) is 17.0 Å². The van der Waals surface area contributed by atoms with E-state index in [2.05, 4.69) is 26.0 Å². The fraction of sp³-hybridized carbons (Fsp3) is 0.500. The molecule has 0 spiro atoms. The van der Waals surface area contributed by atoms with E-state index in [1.54, 1.807) is 4.68 Å². The first-order valence-corrected chi connectivity index (χ1v) is 7.66. The Balaban J connectivity index is 2.13. The lowest BCUT2D eigenvalue weighted by Gasteiger charge is -2.11. The molecule has 20 heavy (non-hydrogen) atoms. The van der Waals surface area contributed by atoms with Crippen molar-refractivity contribution in [2.75, 3.05) is 0 Å². The summed E-state index contributed by atoms with van der Waals surface area (Å²) in [5, 5.41) is 4.31. The smallest absolute Gasteiger partial charge is 0.265 e. The first kappa shape index (κ1) is 13.5. The van der Waals surface area contributed by atoms with Gasteiger partial charge >= 0.3 is 0 Å². The molecule has 106 valence electrons. The van der Waals surface area contributed by atoms with E-state index in [1.807, 2.05) is 20.2 Å². The first-order valence-electron chi connectivity index (χ1n) is 6.86. The standard InChI is InChI=1S/C14H17BrN4O/c1-8-10(7-19(2)18-8)13-16-12(9-5-3-4-6-9)11(15)14(20)17-13/h7,9H,3-6H2,1-2H3,(H,16,17,20). The minimum Gasteiger partial charge on any atom is -0.305 e. The molecule has 0 aliphatic heterocycles. The normalized spacial score (nSPS) is 15.9. The number of aromatic amines is 1. The number of halogens is 1. The minimum absolute atomic E-state index is 0.111. The lowest BCUT2D eigenvalue weighted by Crippen LogP contribution is -2.15. The zero-order valence-corrected chi connectivity index (χ0v) is 13.2. The highest BCUT2D eigenvalue weighted by atomic mass is 79.9. The summed E-state index contributed by atoms with van der Waals surface area (Å²) in [6.45, 7) is 1.92. The summed E-state index contributed by atoms with van der Waals surface area (Å²) in [6.07, 6.45) is 6.54. The molecule has 1 N–H and O–H groups in total. The third kappa shape index (κ3) is 2.32. The second-order valence-corrected chi connectivity index (χ2v) is 6.19. The minimum atomic E-state index is -0.111. The van der Waals surface area contributed by atoms with Gasteiger partial charge in [-0.25, -0.2) is 4.98 Å². The maximum Gasteiger partial charge on any atom is 0.265 e. The van der Waals surface area contributed by atoms with Gasteiger partial charge in [0.25, 0.3) is 5.56 Å². The van der Waals surface area contributed by atoms with Crippen molar-refractivity contribution in [3.8, 4) is 11.4 Å². The molecule has 6 heteroatoms. The van der Waals surface area contributed by atoms with Crippen molar-refractivity contribution >= 4 is 15.9 Å². The molecule has 0 aromatic carbocycles. The van der Waals surface area contributed by atoms with E-state index in [-0.39, 0.29) is 5.56 Å². The van der Waals surface area contributed by atoms with Crippen molar-refractivity contribution < 1.29 is 0 Å². The van der Waals surface area contributed by atoms with Crippen LogP contribution in [0.4, 0.5) is 0 Å². The Bertz CT molecular complexity index is 698. The Labute approximate surface area is 125 Å². The molecule has 3 rings (SSSR count). The zero-order chi connectivity index (χ0) is 14.3. The number of nitrogens with zero attached hydrogens (tertiary/aromatic N) is 3. The van der Waals surface area contributed by atoms with Gasteiger partial charge in [0.15, 0.2) is 0 Å². The lowest BCUT2D eigenvalue weighted by molar-refractivity contribution is 0.688. The molecule has 2 aromatic heterocycles. The SMILES string of the molecule is Cc1nn(C)cc1-c1nc(C2CCCC2)c(Br)c(=O)[nH]1. The third-order valence-electron chi connectivity index (χ3n) is 3.90. The van der Waals surface area contributed by atoms with Gasteiger partial charge in [-0.1, -0.05) is 12.8 Å². The molecule has 1 fully saturated rings. The Hall–Kier alpha value is -1.43. The first-order chi connectivity index (χ1) is 9.56. The predicted octanol–water partition coefficient (Wildman–Crippen LogP) is 2.90. The fourth-order valence-electron chi connectivity index (χ4n) is 2.91. The molecule has 1 saturated carbocycles. The molecule has 0 unspecified atom stereocenters. The molecule has 0 radical (unpaired) electrons. The highest BCUT2D eigenvalue weighted by Crippen LogP contribution is 2.36. The topological polar surface area (TPSA) is 63.6 Å². The molecule has 0 saturated heterocycles. The molecule has 2 aromatic rings. The second kappa shape index (κ2) is 5.16. The Morgan fingerprint density at radius 1 is 1.40 bits per heavy atom. The molecule has 1 aliphatic carbocycles. The number of nitrogens with one attached hydrogen (secondary N) is 1. The van der Waals surface area contributed by atoms with E-state index >= 15 is 0 Å².